The molecule has 0 aromatic carbocycles. The fourth-order valence-electron chi connectivity index (χ4n) is 2.64. The lowest BCUT2D eigenvalue weighted by Gasteiger charge is -2.24. The molecule has 1 spiro atoms. The summed E-state index contributed by atoms with van der Waals surface area (Å²) in [4.78, 5) is 11.3. The van der Waals surface area contributed by atoms with Crippen LogP contribution in [0.2, 0.25) is 0 Å². The fourth-order valence-corrected chi connectivity index (χ4v) is 3.67. The SMILES string of the molecule is CS(=O)(=O)N1CC2CC23C=CC(=O)C=C13. The molecule has 4 nitrogen and oxygen atoms in total. The number of hydrogen-bond acceptors (Lipinski definition) is 3. The van der Waals surface area contributed by atoms with Gasteiger partial charge < -0.3 is 0 Å². The number of nitrogens with zero attached hydrogens (tertiary/aromatic N) is 1. The van der Waals surface area contributed by atoms with Gasteiger partial charge >= 0.3 is 0 Å². The third-order valence-electron chi connectivity index (χ3n) is 3.51. The highest BCUT2D eigenvalue weighted by atomic mass is 32.2. The molecule has 1 aliphatic heterocycles. The van der Waals surface area contributed by atoms with Crippen LogP contribution in [-0.2, 0) is 14.8 Å². The van der Waals surface area contributed by atoms with Gasteiger partial charge in [-0.3, -0.25) is 9.10 Å². The van der Waals surface area contributed by atoms with E-state index >= 15 is 0 Å². The number of carbonyl (C=O) groups excluding carboxylic acids is 1. The van der Waals surface area contributed by atoms with Crippen LogP contribution in [0.4, 0.5) is 0 Å². The largest absolute Gasteiger partial charge is 0.290 e. The van der Waals surface area contributed by atoms with E-state index in [-0.39, 0.29) is 11.2 Å². The molecule has 2 atom stereocenters. The third-order valence-corrected chi connectivity index (χ3v) is 4.66. The van der Waals surface area contributed by atoms with Crippen LogP contribution in [-0.4, -0.2) is 31.3 Å². The van der Waals surface area contributed by atoms with E-state index in [2.05, 4.69) is 0 Å². The Morgan fingerprint density at radius 2 is 2.27 bits per heavy atom. The number of carbonyl (C=O) groups is 1. The normalized spacial score (nSPS) is 37.4. The lowest BCUT2D eigenvalue weighted by molar-refractivity contribution is -0.110. The zero-order valence-corrected chi connectivity index (χ0v) is 9.12. The molecule has 2 unspecified atom stereocenters. The summed E-state index contributed by atoms with van der Waals surface area (Å²) in [6, 6.07) is 0. The van der Waals surface area contributed by atoms with E-state index < -0.39 is 10.0 Å². The maximum Gasteiger partial charge on any atom is 0.232 e. The number of rotatable bonds is 1. The average Bonchev–Trinajstić information content (AvgIpc) is 2.72. The van der Waals surface area contributed by atoms with E-state index in [9.17, 15) is 13.2 Å². The molecule has 3 aliphatic rings. The van der Waals surface area contributed by atoms with E-state index in [1.54, 1.807) is 6.08 Å². The molecule has 0 aromatic heterocycles. The molecule has 5 heteroatoms. The Bertz CT molecular complexity index is 517. The Balaban J connectivity index is 2.10. The zero-order chi connectivity index (χ0) is 10.8. The first kappa shape index (κ1) is 9.15. The smallest absolute Gasteiger partial charge is 0.232 e. The predicted octanol–water partition coefficient (Wildman–Crippen LogP) is 0.291. The van der Waals surface area contributed by atoms with Gasteiger partial charge in [-0.1, -0.05) is 6.08 Å². The molecule has 1 saturated heterocycles. The highest BCUT2D eigenvalue weighted by Gasteiger charge is 2.64. The van der Waals surface area contributed by atoms with Crippen LogP contribution in [0.15, 0.2) is 23.9 Å². The van der Waals surface area contributed by atoms with Gasteiger partial charge in [0.15, 0.2) is 5.78 Å². The molecule has 15 heavy (non-hydrogen) atoms. The number of ketones is 1. The van der Waals surface area contributed by atoms with Gasteiger partial charge in [-0.25, -0.2) is 8.42 Å². The second-order valence-corrected chi connectivity index (χ2v) is 6.41. The standard InChI is InChI=1S/C10H11NO3S/c1-15(13,14)11-6-7-5-10(7)3-2-8(12)4-9(10)11/h2-4,7H,5-6H2,1H3. The fraction of sp³-hybridized carbons (Fsp3) is 0.500. The Hall–Kier alpha value is -1.10. The summed E-state index contributed by atoms with van der Waals surface area (Å²) in [7, 11) is -3.23. The van der Waals surface area contributed by atoms with E-state index in [0.717, 1.165) is 6.42 Å². The molecular weight excluding hydrogens is 214 g/mol. The van der Waals surface area contributed by atoms with E-state index in [0.29, 0.717) is 18.2 Å². The lowest BCUT2D eigenvalue weighted by atomic mass is 9.96. The summed E-state index contributed by atoms with van der Waals surface area (Å²) in [6.45, 7) is 0.530. The number of piperidine rings is 1. The van der Waals surface area contributed by atoms with Crippen LogP contribution >= 0.6 is 0 Å². The van der Waals surface area contributed by atoms with Gasteiger partial charge in [-0.2, -0.15) is 0 Å². The van der Waals surface area contributed by atoms with Crippen molar-refractivity contribution in [2.75, 3.05) is 12.8 Å². The average molecular weight is 225 g/mol. The highest BCUT2D eigenvalue weighted by molar-refractivity contribution is 7.88. The Morgan fingerprint density at radius 1 is 1.53 bits per heavy atom. The van der Waals surface area contributed by atoms with E-state index in [4.69, 9.17) is 0 Å². The molecule has 0 N–H and O–H groups in total. The Kier molecular flexibility index (Phi) is 1.43. The molecule has 0 amide bonds. The minimum atomic E-state index is -3.23. The van der Waals surface area contributed by atoms with Crippen molar-refractivity contribution in [3.8, 4) is 0 Å². The van der Waals surface area contributed by atoms with Crippen molar-refractivity contribution in [1.82, 2.24) is 4.31 Å². The van der Waals surface area contributed by atoms with E-state index in [1.807, 2.05) is 6.08 Å². The van der Waals surface area contributed by atoms with Gasteiger partial charge in [0.05, 0.1) is 6.26 Å². The second kappa shape index (κ2) is 2.35. The summed E-state index contributed by atoms with van der Waals surface area (Å²) >= 11 is 0. The van der Waals surface area contributed by atoms with Crippen LogP contribution < -0.4 is 0 Å². The summed E-state index contributed by atoms with van der Waals surface area (Å²) in [5.74, 6) is 0.264. The summed E-state index contributed by atoms with van der Waals surface area (Å²) in [5.41, 5.74) is 0.555. The number of allylic oxidation sites excluding steroid dienone is 3. The quantitative estimate of drug-likeness (QED) is 0.644. The molecule has 1 saturated carbocycles. The van der Waals surface area contributed by atoms with Crippen LogP contribution in [0.3, 0.4) is 0 Å². The maximum atomic E-state index is 11.5. The van der Waals surface area contributed by atoms with Crippen molar-refractivity contribution in [1.29, 1.82) is 0 Å². The van der Waals surface area contributed by atoms with Gasteiger partial charge in [0.25, 0.3) is 0 Å². The van der Waals surface area contributed by atoms with Gasteiger partial charge in [0, 0.05) is 23.7 Å². The van der Waals surface area contributed by atoms with Crippen molar-refractivity contribution in [3.05, 3.63) is 23.9 Å². The Labute approximate surface area is 88.3 Å². The molecule has 3 rings (SSSR count). The van der Waals surface area contributed by atoms with Gasteiger partial charge in [-0.05, 0) is 18.4 Å². The predicted molar refractivity (Wildman–Crippen MR) is 54.3 cm³/mol. The van der Waals surface area contributed by atoms with Gasteiger partial charge in [0.2, 0.25) is 10.0 Å². The minimum absolute atomic E-state index is 0.114. The van der Waals surface area contributed by atoms with Crippen LogP contribution in [0.1, 0.15) is 6.42 Å². The first-order chi connectivity index (χ1) is 6.93. The lowest BCUT2D eigenvalue weighted by Crippen LogP contribution is -2.30. The third kappa shape index (κ3) is 1.07. The van der Waals surface area contributed by atoms with Crippen molar-refractivity contribution in [2.45, 2.75) is 6.42 Å². The van der Waals surface area contributed by atoms with Crippen LogP contribution in [0, 0.1) is 11.3 Å². The summed E-state index contributed by atoms with van der Waals surface area (Å²) < 4.78 is 24.4. The summed E-state index contributed by atoms with van der Waals surface area (Å²) in [6.07, 6.45) is 7.06. The minimum Gasteiger partial charge on any atom is -0.290 e. The molecular formula is C10H11NO3S. The van der Waals surface area contributed by atoms with Crippen molar-refractivity contribution in [3.63, 3.8) is 0 Å². The molecule has 1 heterocycles. The zero-order valence-electron chi connectivity index (χ0n) is 8.30. The molecule has 0 aromatic rings. The molecule has 2 fully saturated rings. The first-order valence-corrected chi connectivity index (χ1v) is 6.71. The van der Waals surface area contributed by atoms with Gasteiger partial charge in [-0.15, -0.1) is 0 Å². The molecule has 80 valence electrons. The number of hydrogen-bond donors (Lipinski definition) is 0. The Morgan fingerprint density at radius 3 is 2.93 bits per heavy atom. The van der Waals surface area contributed by atoms with Crippen molar-refractivity contribution >= 4 is 15.8 Å². The molecule has 0 bridgehead atoms. The van der Waals surface area contributed by atoms with E-state index in [1.165, 1.54) is 16.6 Å². The van der Waals surface area contributed by atoms with Crippen LogP contribution in [0.5, 0.6) is 0 Å². The monoisotopic (exact) mass is 225 g/mol. The van der Waals surface area contributed by atoms with Crippen LogP contribution in [0.25, 0.3) is 0 Å². The maximum absolute atomic E-state index is 11.5. The molecule has 0 radical (unpaired) electrons. The number of sulfonamides is 1. The van der Waals surface area contributed by atoms with Gasteiger partial charge in [0.1, 0.15) is 0 Å². The van der Waals surface area contributed by atoms with Crippen molar-refractivity contribution < 1.29 is 13.2 Å². The molecule has 2 aliphatic carbocycles. The summed E-state index contributed by atoms with van der Waals surface area (Å²) in [5, 5.41) is 0. The van der Waals surface area contributed by atoms with Crippen molar-refractivity contribution in [2.24, 2.45) is 11.3 Å². The topological polar surface area (TPSA) is 54.5 Å². The highest BCUT2D eigenvalue weighted by Crippen LogP contribution is 2.65. The first-order valence-electron chi connectivity index (χ1n) is 4.86. The second-order valence-electron chi connectivity index (χ2n) is 4.50.